The van der Waals surface area contributed by atoms with E-state index in [-0.39, 0.29) is 24.2 Å². The maximum atomic E-state index is 13.2. The van der Waals surface area contributed by atoms with E-state index in [1.165, 1.54) is 12.1 Å². The minimum absolute atomic E-state index is 0.104. The number of hydrogen-bond donors (Lipinski definition) is 1. The van der Waals surface area contributed by atoms with Crippen LogP contribution in [-0.2, 0) is 4.79 Å². The van der Waals surface area contributed by atoms with Crippen molar-refractivity contribution in [3.8, 4) is 5.75 Å². The first-order chi connectivity index (χ1) is 16.9. The largest absolute Gasteiger partial charge is 0.491 e. The van der Waals surface area contributed by atoms with E-state index in [1.54, 1.807) is 28.4 Å². The second-order valence-electron chi connectivity index (χ2n) is 9.48. The lowest BCUT2D eigenvalue weighted by Gasteiger charge is -2.36. The second-order valence-corrected chi connectivity index (χ2v) is 10.7. The van der Waals surface area contributed by atoms with E-state index < -0.39 is 6.10 Å². The van der Waals surface area contributed by atoms with Gasteiger partial charge in [-0.05, 0) is 49.2 Å². The molecule has 3 aromatic rings. The fourth-order valence-electron chi connectivity index (χ4n) is 4.95. The molecule has 35 heavy (non-hydrogen) atoms. The van der Waals surface area contributed by atoms with Gasteiger partial charge in [-0.3, -0.25) is 9.69 Å². The van der Waals surface area contributed by atoms with Gasteiger partial charge in [-0.25, -0.2) is 9.37 Å². The van der Waals surface area contributed by atoms with Gasteiger partial charge in [-0.15, -0.1) is 11.3 Å². The van der Waals surface area contributed by atoms with Gasteiger partial charge in [0.25, 0.3) is 0 Å². The molecule has 2 aromatic carbocycles. The predicted molar refractivity (Wildman–Crippen MR) is 136 cm³/mol. The van der Waals surface area contributed by atoms with Crippen molar-refractivity contribution >= 4 is 33.1 Å². The third-order valence-corrected chi connectivity index (χ3v) is 7.65. The number of carbonyl (C=O) groups excluding carboxylic acids is 1. The Morgan fingerprint density at radius 2 is 1.89 bits per heavy atom. The highest BCUT2D eigenvalue weighted by Crippen LogP contribution is 2.27. The van der Waals surface area contributed by atoms with Crippen LogP contribution < -0.4 is 9.64 Å². The number of aliphatic hydroxyl groups is 1. The molecule has 2 atom stereocenters. The smallest absolute Gasteiger partial charge is 0.227 e. The van der Waals surface area contributed by atoms with Gasteiger partial charge in [0.05, 0.1) is 15.2 Å². The van der Waals surface area contributed by atoms with Gasteiger partial charge < -0.3 is 19.6 Å². The van der Waals surface area contributed by atoms with Crippen molar-refractivity contribution in [2.24, 2.45) is 5.92 Å². The highest BCUT2D eigenvalue weighted by atomic mass is 32.1. The highest BCUT2D eigenvalue weighted by Gasteiger charge is 2.32. The molecule has 2 aliphatic heterocycles. The van der Waals surface area contributed by atoms with E-state index in [0.29, 0.717) is 19.5 Å². The number of amides is 1. The molecular formula is C26H31FN4O3S. The monoisotopic (exact) mass is 498 g/mol. The zero-order valence-corrected chi connectivity index (χ0v) is 20.7. The Balaban J connectivity index is 1.03. The summed E-state index contributed by atoms with van der Waals surface area (Å²) >= 11 is 1.66. The van der Waals surface area contributed by atoms with Crippen molar-refractivity contribution in [1.29, 1.82) is 0 Å². The zero-order chi connectivity index (χ0) is 24.4. The number of aliphatic hydroxyl groups excluding tert-OH is 1. The number of anilines is 1. The molecule has 9 heteroatoms. The number of β-amino-alcohol motifs (C(OH)–C–C–N with tert-alkyl or cyclic N) is 1. The summed E-state index contributed by atoms with van der Waals surface area (Å²) in [7, 11) is 0. The highest BCUT2D eigenvalue weighted by molar-refractivity contribution is 7.18. The third kappa shape index (κ3) is 5.98. The van der Waals surface area contributed by atoms with Crippen LogP contribution in [0.3, 0.4) is 0 Å². The summed E-state index contributed by atoms with van der Waals surface area (Å²) in [6.07, 6.45) is -0.0361. The number of nitrogens with zero attached hydrogens (tertiary/aromatic N) is 4. The number of thiazole rings is 1. The summed E-state index contributed by atoms with van der Waals surface area (Å²) in [5.41, 5.74) is 1.70. The van der Waals surface area contributed by atoms with Gasteiger partial charge in [-0.1, -0.05) is 0 Å². The molecule has 5 rings (SSSR count). The van der Waals surface area contributed by atoms with E-state index in [1.807, 2.05) is 25.1 Å². The first-order valence-corrected chi connectivity index (χ1v) is 12.9. The summed E-state index contributed by atoms with van der Waals surface area (Å²) in [4.78, 5) is 23.4. The van der Waals surface area contributed by atoms with Gasteiger partial charge >= 0.3 is 0 Å². The van der Waals surface area contributed by atoms with Gasteiger partial charge in [0, 0.05) is 64.0 Å². The number of carbonyl (C=O) groups is 1. The van der Waals surface area contributed by atoms with Crippen LogP contribution in [0.1, 0.15) is 11.4 Å². The summed E-state index contributed by atoms with van der Waals surface area (Å²) < 4.78 is 20.2. The molecule has 2 saturated heterocycles. The number of ether oxygens (including phenoxy) is 1. The number of aryl methyl sites for hydroxylation is 1. The molecule has 7 nitrogen and oxygen atoms in total. The predicted octanol–water partition coefficient (Wildman–Crippen LogP) is 3.15. The number of hydrogen-bond acceptors (Lipinski definition) is 7. The third-order valence-electron chi connectivity index (χ3n) is 6.70. The molecule has 0 saturated carbocycles. The number of benzene rings is 2. The second kappa shape index (κ2) is 10.6. The number of rotatable bonds is 8. The van der Waals surface area contributed by atoms with E-state index in [0.717, 1.165) is 59.4 Å². The van der Waals surface area contributed by atoms with Gasteiger partial charge in [0.2, 0.25) is 5.91 Å². The van der Waals surface area contributed by atoms with Crippen LogP contribution in [0.5, 0.6) is 5.75 Å². The minimum Gasteiger partial charge on any atom is -0.491 e. The summed E-state index contributed by atoms with van der Waals surface area (Å²) in [6, 6.07) is 12.0. The average molecular weight is 499 g/mol. The Kier molecular flexibility index (Phi) is 7.29. The Bertz CT molecular complexity index is 1160. The summed E-state index contributed by atoms with van der Waals surface area (Å²) in [6.45, 7) is 7.94. The molecule has 1 amide bonds. The van der Waals surface area contributed by atoms with Crippen LogP contribution in [-0.4, -0.2) is 84.3 Å². The maximum Gasteiger partial charge on any atom is 0.227 e. The van der Waals surface area contributed by atoms with E-state index >= 15 is 0 Å². The van der Waals surface area contributed by atoms with Crippen LogP contribution in [0.15, 0.2) is 42.5 Å². The van der Waals surface area contributed by atoms with E-state index in [9.17, 15) is 14.3 Å². The molecule has 0 spiro atoms. The van der Waals surface area contributed by atoms with Crippen molar-refractivity contribution in [3.05, 3.63) is 53.3 Å². The Labute approximate surface area is 208 Å². The molecule has 2 fully saturated rings. The maximum absolute atomic E-state index is 13.2. The number of fused-ring (bicyclic) bond motifs is 1. The number of piperazine rings is 1. The fraction of sp³-hybridized carbons (Fsp3) is 0.462. The standard InChI is InChI=1S/C26H31FN4O3S/c1-18-28-24-13-23(6-7-25(24)35-18)34-17-22(32)16-30-10-8-29(9-11-30)14-19-12-26(33)31(15-19)21-4-2-20(27)3-5-21/h2-7,13,19,22,32H,8-12,14-17H2,1H3. The molecule has 2 unspecified atom stereocenters. The molecule has 2 aliphatic rings. The van der Waals surface area contributed by atoms with Crippen LogP contribution in [0.25, 0.3) is 10.2 Å². The van der Waals surface area contributed by atoms with Crippen molar-refractivity contribution in [3.63, 3.8) is 0 Å². The van der Waals surface area contributed by atoms with Crippen LogP contribution in [0.4, 0.5) is 10.1 Å². The minimum atomic E-state index is -0.564. The molecule has 1 N–H and O–H groups in total. The normalized spacial score (nSPS) is 20.6. The number of halogens is 1. The van der Waals surface area contributed by atoms with Gasteiger partial charge in [0.15, 0.2) is 0 Å². The van der Waals surface area contributed by atoms with E-state index in [4.69, 9.17) is 4.74 Å². The van der Waals surface area contributed by atoms with Crippen molar-refractivity contribution in [1.82, 2.24) is 14.8 Å². The number of aromatic nitrogens is 1. The van der Waals surface area contributed by atoms with Crippen LogP contribution in [0, 0.1) is 18.7 Å². The molecule has 0 bridgehead atoms. The van der Waals surface area contributed by atoms with Gasteiger partial charge in [-0.2, -0.15) is 0 Å². The molecule has 0 radical (unpaired) electrons. The molecule has 0 aliphatic carbocycles. The Morgan fingerprint density at radius 1 is 1.14 bits per heavy atom. The summed E-state index contributed by atoms with van der Waals surface area (Å²) in [5.74, 6) is 0.815. The van der Waals surface area contributed by atoms with Crippen molar-refractivity contribution in [2.75, 3.05) is 57.3 Å². The van der Waals surface area contributed by atoms with Crippen LogP contribution in [0.2, 0.25) is 0 Å². The lowest BCUT2D eigenvalue weighted by atomic mass is 10.1. The SMILES string of the molecule is Cc1nc2cc(OCC(O)CN3CCN(CC4CC(=O)N(c5ccc(F)cc5)C4)CC3)ccc2s1. The molecule has 1 aromatic heterocycles. The Morgan fingerprint density at radius 3 is 2.66 bits per heavy atom. The first-order valence-electron chi connectivity index (χ1n) is 12.1. The van der Waals surface area contributed by atoms with Gasteiger partial charge in [0.1, 0.15) is 24.3 Å². The molecular weight excluding hydrogens is 467 g/mol. The average Bonchev–Trinajstić information content (AvgIpc) is 3.40. The Hall–Kier alpha value is -2.59. The van der Waals surface area contributed by atoms with E-state index in [2.05, 4.69) is 14.8 Å². The quantitative estimate of drug-likeness (QED) is 0.515. The lowest BCUT2D eigenvalue weighted by molar-refractivity contribution is -0.117. The topological polar surface area (TPSA) is 69.1 Å². The van der Waals surface area contributed by atoms with Crippen molar-refractivity contribution in [2.45, 2.75) is 19.4 Å². The van der Waals surface area contributed by atoms with Crippen LogP contribution >= 0.6 is 11.3 Å². The molecule has 186 valence electrons. The molecule has 3 heterocycles. The fourth-order valence-corrected chi connectivity index (χ4v) is 5.76. The zero-order valence-electron chi connectivity index (χ0n) is 19.9. The summed E-state index contributed by atoms with van der Waals surface area (Å²) in [5, 5.41) is 11.5. The van der Waals surface area contributed by atoms with Crippen molar-refractivity contribution < 1.29 is 19.0 Å². The lowest BCUT2D eigenvalue weighted by Crippen LogP contribution is -2.50. The first kappa shape index (κ1) is 24.1.